The maximum atomic E-state index is 13.2. The Hall–Kier alpha value is -1.71. The first kappa shape index (κ1) is 21.6. The molecular formula is C19H28FIN6. The number of aliphatic imine (C=N–C) groups is 1. The molecule has 2 N–H and O–H groups in total. The lowest BCUT2D eigenvalue weighted by Crippen LogP contribution is -2.49. The maximum absolute atomic E-state index is 13.2. The Kier molecular flexibility index (Phi) is 8.00. The molecule has 1 aromatic carbocycles. The lowest BCUT2D eigenvalue weighted by molar-refractivity contribution is 0.243. The minimum Gasteiger partial charge on any atom is -0.356 e. The summed E-state index contributed by atoms with van der Waals surface area (Å²) >= 11 is 0. The molecule has 0 saturated heterocycles. The molecule has 0 spiro atoms. The summed E-state index contributed by atoms with van der Waals surface area (Å²) in [6.07, 6.45) is 6.06. The number of nitrogens with zero attached hydrogens (tertiary/aromatic N) is 4. The van der Waals surface area contributed by atoms with Crippen molar-refractivity contribution in [3.05, 3.63) is 47.8 Å². The van der Waals surface area contributed by atoms with Gasteiger partial charge in [-0.2, -0.15) is 0 Å². The largest absolute Gasteiger partial charge is 0.356 e. The van der Waals surface area contributed by atoms with Gasteiger partial charge >= 0.3 is 0 Å². The zero-order valence-electron chi connectivity index (χ0n) is 15.9. The summed E-state index contributed by atoms with van der Waals surface area (Å²) in [5, 5.41) is 14.8. The standard InChI is InChI=1S/C19H27FN6.HI/c1-3-17-25-24-14-26(17)12-11-22-18(21-2)23-13-19(9-4-10-19)15-5-7-16(20)8-6-15;/h5-8,14H,3-4,9-13H2,1-2H3,(H2,21,22,23);1H. The van der Waals surface area contributed by atoms with E-state index < -0.39 is 0 Å². The van der Waals surface area contributed by atoms with Gasteiger partial charge in [0.1, 0.15) is 18.0 Å². The third-order valence-electron chi connectivity index (χ3n) is 5.24. The van der Waals surface area contributed by atoms with Crippen molar-refractivity contribution in [2.45, 2.75) is 44.6 Å². The molecule has 0 atom stereocenters. The quantitative estimate of drug-likeness (QED) is 0.359. The summed E-state index contributed by atoms with van der Waals surface area (Å²) in [6, 6.07) is 6.91. The van der Waals surface area contributed by atoms with Crippen molar-refractivity contribution in [1.29, 1.82) is 0 Å². The maximum Gasteiger partial charge on any atom is 0.191 e. The van der Waals surface area contributed by atoms with E-state index in [1.54, 1.807) is 25.5 Å². The van der Waals surface area contributed by atoms with Crippen LogP contribution in [0.25, 0.3) is 0 Å². The van der Waals surface area contributed by atoms with Crippen molar-refractivity contribution in [3.8, 4) is 0 Å². The fourth-order valence-corrected chi connectivity index (χ4v) is 3.48. The normalized spacial score (nSPS) is 15.6. The molecule has 1 aromatic heterocycles. The highest BCUT2D eigenvalue weighted by molar-refractivity contribution is 14.0. The molecule has 1 heterocycles. The summed E-state index contributed by atoms with van der Waals surface area (Å²) < 4.78 is 15.3. The molecule has 6 nitrogen and oxygen atoms in total. The molecule has 8 heteroatoms. The first-order chi connectivity index (χ1) is 12.7. The van der Waals surface area contributed by atoms with Gasteiger partial charge in [-0.3, -0.25) is 4.99 Å². The Morgan fingerprint density at radius 1 is 1.26 bits per heavy atom. The molecule has 27 heavy (non-hydrogen) atoms. The van der Waals surface area contributed by atoms with Crippen LogP contribution in [0.15, 0.2) is 35.6 Å². The van der Waals surface area contributed by atoms with Crippen molar-refractivity contribution in [2.75, 3.05) is 20.1 Å². The SMILES string of the molecule is CCc1nncn1CCNC(=NC)NCC1(c2ccc(F)cc2)CCC1.I. The second-order valence-corrected chi connectivity index (χ2v) is 6.79. The van der Waals surface area contributed by atoms with Crippen molar-refractivity contribution in [1.82, 2.24) is 25.4 Å². The van der Waals surface area contributed by atoms with Gasteiger partial charge < -0.3 is 15.2 Å². The number of nitrogens with one attached hydrogen (secondary N) is 2. The number of benzene rings is 1. The highest BCUT2D eigenvalue weighted by Gasteiger charge is 2.38. The van der Waals surface area contributed by atoms with E-state index in [9.17, 15) is 4.39 Å². The van der Waals surface area contributed by atoms with Gasteiger partial charge in [0, 0.05) is 38.5 Å². The lowest BCUT2D eigenvalue weighted by atomic mass is 9.64. The summed E-state index contributed by atoms with van der Waals surface area (Å²) in [6.45, 7) is 4.40. The molecular weight excluding hydrogens is 458 g/mol. The third-order valence-corrected chi connectivity index (χ3v) is 5.24. The van der Waals surface area contributed by atoms with Gasteiger partial charge in [0.25, 0.3) is 0 Å². The number of rotatable bonds is 7. The Bertz CT molecular complexity index is 739. The molecule has 2 aromatic rings. The van der Waals surface area contributed by atoms with Crippen LogP contribution >= 0.6 is 24.0 Å². The van der Waals surface area contributed by atoms with E-state index in [2.05, 4.69) is 32.7 Å². The van der Waals surface area contributed by atoms with E-state index in [-0.39, 0.29) is 35.2 Å². The van der Waals surface area contributed by atoms with Crippen LogP contribution in [0, 0.1) is 5.82 Å². The van der Waals surface area contributed by atoms with Crippen LogP contribution in [-0.2, 0) is 18.4 Å². The molecule has 0 bridgehead atoms. The molecule has 0 radical (unpaired) electrons. The average Bonchev–Trinajstić information content (AvgIpc) is 3.08. The summed E-state index contributed by atoms with van der Waals surface area (Å²) in [5.41, 5.74) is 1.28. The van der Waals surface area contributed by atoms with Gasteiger partial charge in [-0.25, -0.2) is 4.39 Å². The van der Waals surface area contributed by atoms with Crippen LogP contribution in [0.2, 0.25) is 0 Å². The molecule has 3 rings (SSSR count). The zero-order chi connectivity index (χ0) is 18.4. The molecule has 0 unspecified atom stereocenters. The van der Waals surface area contributed by atoms with E-state index in [1.807, 2.05) is 16.7 Å². The Morgan fingerprint density at radius 3 is 2.59 bits per heavy atom. The van der Waals surface area contributed by atoms with E-state index in [1.165, 1.54) is 12.0 Å². The highest BCUT2D eigenvalue weighted by atomic mass is 127. The first-order valence-corrected chi connectivity index (χ1v) is 9.24. The number of hydrogen-bond donors (Lipinski definition) is 2. The fourth-order valence-electron chi connectivity index (χ4n) is 3.48. The predicted octanol–water partition coefficient (Wildman–Crippen LogP) is 2.88. The van der Waals surface area contributed by atoms with Crippen molar-refractivity contribution < 1.29 is 4.39 Å². The Balaban J connectivity index is 0.00000261. The number of halogens is 2. The molecule has 1 saturated carbocycles. The van der Waals surface area contributed by atoms with E-state index >= 15 is 0 Å². The second-order valence-electron chi connectivity index (χ2n) is 6.79. The van der Waals surface area contributed by atoms with E-state index in [4.69, 9.17) is 0 Å². The van der Waals surface area contributed by atoms with Crippen molar-refractivity contribution >= 4 is 29.9 Å². The molecule has 0 aliphatic heterocycles. The highest BCUT2D eigenvalue weighted by Crippen LogP contribution is 2.43. The third kappa shape index (κ3) is 5.18. The summed E-state index contributed by atoms with van der Waals surface area (Å²) in [7, 11) is 1.77. The van der Waals surface area contributed by atoms with Gasteiger partial charge in [-0.1, -0.05) is 25.5 Å². The van der Waals surface area contributed by atoms with E-state index in [0.717, 1.165) is 50.7 Å². The van der Waals surface area contributed by atoms with Crippen molar-refractivity contribution in [3.63, 3.8) is 0 Å². The first-order valence-electron chi connectivity index (χ1n) is 9.24. The Morgan fingerprint density at radius 2 is 2.00 bits per heavy atom. The predicted molar refractivity (Wildman–Crippen MR) is 116 cm³/mol. The lowest BCUT2D eigenvalue weighted by Gasteiger charge is -2.43. The minimum absolute atomic E-state index is 0. The zero-order valence-corrected chi connectivity index (χ0v) is 18.2. The number of aromatic nitrogens is 3. The van der Waals surface area contributed by atoms with Gasteiger partial charge in [-0.15, -0.1) is 34.2 Å². The van der Waals surface area contributed by atoms with Crippen LogP contribution in [0.1, 0.15) is 37.6 Å². The fraction of sp³-hybridized carbons (Fsp3) is 0.526. The summed E-state index contributed by atoms with van der Waals surface area (Å²) in [5.74, 6) is 1.58. The number of aryl methyl sites for hydroxylation is 1. The van der Waals surface area contributed by atoms with Gasteiger partial charge in [0.2, 0.25) is 0 Å². The van der Waals surface area contributed by atoms with Crippen molar-refractivity contribution in [2.24, 2.45) is 4.99 Å². The van der Waals surface area contributed by atoms with Gasteiger partial charge in [0.05, 0.1) is 0 Å². The number of hydrogen-bond acceptors (Lipinski definition) is 3. The van der Waals surface area contributed by atoms with Gasteiger partial charge in [0.15, 0.2) is 5.96 Å². The van der Waals surface area contributed by atoms with Crippen LogP contribution in [0.4, 0.5) is 4.39 Å². The van der Waals surface area contributed by atoms with E-state index in [0.29, 0.717) is 0 Å². The van der Waals surface area contributed by atoms with Gasteiger partial charge in [-0.05, 0) is 30.5 Å². The van der Waals surface area contributed by atoms with Crippen LogP contribution < -0.4 is 10.6 Å². The summed E-state index contributed by atoms with van der Waals surface area (Å²) in [4.78, 5) is 4.31. The molecule has 148 valence electrons. The van der Waals surface area contributed by atoms with Crippen LogP contribution in [0.5, 0.6) is 0 Å². The number of guanidine groups is 1. The Labute approximate surface area is 177 Å². The van der Waals surface area contributed by atoms with Crippen LogP contribution in [-0.4, -0.2) is 40.9 Å². The smallest absolute Gasteiger partial charge is 0.191 e. The molecule has 1 aliphatic rings. The average molecular weight is 486 g/mol. The molecule has 1 aliphatic carbocycles. The minimum atomic E-state index is -0.186. The molecule has 1 fully saturated rings. The topological polar surface area (TPSA) is 67.1 Å². The molecule has 0 amide bonds. The monoisotopic (exact) mass is 486 g/mol. The van der Waals surface area contributed by atoms with Crippen LogP contribution in [0.3, 0.4) is 0 Å². The second kappa shape index (κ2) is 10.0.